The van der Waals surface area contributed by atoms with E-state index in [0.29, 0.717) is 85.8 Å². The van der Waals surface area contributed by atoms with Crippen molar-refractivity contribution in [2.75, 3.05) is 25.3 Å². The summed E-state index contributed by atoms with van der Waals surface area (Å²) < 4.78 is 30.0. The predicted molar refractivity (Wildman–Crippen MR) is 433 cm³/mol. The largest absolute Gasteiger partial charge is 1.00 e. The molecular weight excluding hydrogens is 1650 g/mol. The Balaban J connectivity index is -0.00000131. The van der Waals surface area contributed by atoms with Gasteiger partial charge < -0.3 is 69.6 Å². The Bertz CT molecular complexity index is 3880. The fourth-order valence-corrected chi connectivity index (χ4v) is 11.6. The van der Waals surface area contributed by atoms with Crippen LogP contribution in [-0.2, 0) is 97.8 Å². The number of aromatic carboxylic acids is 3. The smallest absolute Gasteiger partial charge is 0.870 e. The number of benzene rings is 5. The standard InChI is InChI=1S/C19H24O6.C15H18O6.C14H18O4.C13H16O4S.C10H16O4.C9H9BrO2.C2H3N.CH2Cl2.Na.H2O/c1-5-6-10-19(16(21)24-18(2,3)25-17(19)22)12-13-8-7-9-14(11-13)15(20)23-4;1-2-3-7-15(13(18)19,14(20)21)9-10-5-4-6-11(8-10)12(16)17;1-2-3-6-11(13(15)16)8-10-5-4-7-12(9-10)14(17)18;14-12(15)10-4-1-3-9(7-10)8-11(13(16)17)5-2-6-18;1-4-5-6-7-8(11)13-10(2,3)14-9(7)12;1-12-9(11)8-4-2-3-7(5-8)6-10;1-2-3;2-1-3;;/h7-9,11H,5-6,10,12H2,1-4H3;4-6,8H,2-3,7,9H2,1H3,(H,16,17)(H,18,19)(H,20,21);4-5,7,9,11H,2-3,6,8H2,1H3,(H,15,16)(H,17,18);1,3-4,7,11,18H,2,5-6,8H2,(H,14,15)(H,16,17);7H,4-6H2,1-3H3;2-5H,6H2,1H3;1H3;1H2;;1H2/q;;;;;;;;+1;/p-1. The zero-order valence-electron chi connectivity index (χ0n) is 67.5. The van der Waals surface area contributed by atoms with Crippen LogP contribution in [-0.4, -0.2) is 156 Å². The molecule has 2 saturated heterocycles. The van der Waals surface area contributed by atoms with Crippen molar-refractivity contribution in [2.24, 2.45) is 28.6 Å². The SMILES string of the molecule is CC#N.CCCCC(Cc1cccc(C(=O)O)c1)(C(=O)O)C(=O)O.CCCCC(Cc1cccc(C(=O)O)c1)C(=O)O.CCCCC1(Cc2cccc(C(=O)OC)c2)C(=O)OC(C)(C)OC1=O.CCCCC1C(=O)OC(C)(C)OC1=O.COC(=O)c1cccc(CBr)c1.ClCCl.O=C(O)c1cccc(CC(CCCS)C(=O)O)c1.[Na+].[OH-]. The van der Waals surface area contributed by atoms with Gasteiger partial charge in [0.2, 0.25) is 0 Å². The second-order valence-corrected chi connectivity index (χ2v) is 28.6. The number of carbonyl (C=O) groups excluding carboxylic acids is 6. The zero-order valence-corrected chi connectivity index (χ0v) is 73.5. The van der Waals surface area contributed by atoms with Crippen LogP contribution in [0.2, 0.25) is 0 Å². The molecule has 5 aromatic rings. The number of nitriles is 1. The van der Waals surface area contributed by atoms with Crippen molar-refractivity contribution in [3.05, 3.63) is 177 Å². The van der Waals surface area contributed by atoms with E-state index < -0.39 is 112 Å². The number of hydrogen-bond donors (Lipinski definition) is 8. The Kier molecular flexibility index (Phi) is 56.4. The van der Waals surface area contributed by atoms with Crippen molar-refractivity contribution < 1.29 is 162 Å². The minimum atomic E-state index is -1.92. The molecule has 0 amide bonds. The molecular formula is C83H107BrCl2NNaO27S. The maximum Gasteiger partial charge on any atom is 1.00 e. The van der Waals surface area contributed by atoms with Gasteiger partial charge >= 0.3 is 107 Å². The first-order valence-corrected chi connectivity index (χ1v) is 39.3. The Hall–Kier alpha value is -8.93. The number of methoxy groups -OCH3 is 2. The molecule has 2 heterocycles. The molecule has 0 radical (unpaired) electrons. The summed E-state index contributed by atoms with van der Waals surface area (Å²) in [6.45, 7) is 15.5. The summed E-state index contributed by atoms with van der Waals surface area (Å²) >= 11 is 16.9. The molecule has 7 rings (SSSR count). The average Bonchev–Trinajstić information content (AvgIpc) is 0.828. The molecule has 28 nitrogen and oxygen atoms in total. The molecule has 8 N–H and O–H groups in total. The second kappa shape index (κ2) is 58.8. The van der Waals surface area contributed by atoms with Crippen LogP contribution < -0.4 is 29.6 Å². The number of carboxylic acid groups (broad SMARTS) is 7. The molecule has 0 aromatic heterocycles. The molecule has 0 aliphatic carbocycles. The summed E-state index contributed by atoms with van der Waals surface area (Å²) in [6.07, 6.45) is 9.65. The van der Waals surface area contributed by atoms with Gasteiger partial charge in [-0.3, -0.25) is 38.4 Å². The van der Waals surface area contributed by atoms with Gasteiger partial charge in [-0.1, -0.05) is 156 Å². The van der Waals surface area contributed by atoms with Crippen LogP contribution in [0.15, 0.2) is 121 Å². The number of cyclic esters (lactones) is 4. The molecule has 2 atom stereocenters. The fourth-order valence-electron chi connectivity index (χ4n) is 11.1. The molecule has 634 valence electrons. The molecule has 2 aliphatic rings. The fraction of sp³-hybridized carbons (Fsp3) is 0.470. The molecule has 0 spiro atoms. The number of nitrogens with zero attached hydrogens (tertiary/aromatic N) is 1. The third-order valence-electron chi connectivity index (χ3n) is 17.0. The van der Waals surface area contributed by atoms with Crippen LogP contribution in [0.3, 0.4) is 0 Å². The number of carboxylic acids is 7. The van der Waals surface area contributed by atoms with E-state index in [9.17, 15) is 72.5 Å². The monoisotopic (exact) mass is 1750 g/mol. The first kappa shape index (κ1) is 111. The van der Waals surface area contributed by atoms with Gasteiger partial charge in [-0.25, -0.2) is 24.0 Å². The number of unbranched alkanes of at least 4 members (excludes halogenated alkanes) is 4. The topological polar surface area (TPSA) is 473 Å². The van der Waals surface area contributed by atoms with Crippen LogP contribution in [0.25, 0.3) is 0 Å². The van der Waals surface area contributed by atoms with E-state index in [-0.39, 0.29) is 82.3 Å². The van der Waals surface area contributed by atoms with Gasteiger partial charge in [0.1, 0.15) is 0 Å². The minimum Gasteiger partial charge on any atom is -0.870 e. The normalized spacial score (nSPS) is 13.5. The Labute approximate surface area is 722 Å². The minimum absolute atomic E-state index is 0. The summed E-state index contributed by atoms with van der Waals surface area (Å²) in [5, 5.41) is 71.9. The molecule has 2 unspecified atom stereocenters. The maximum atomic E-state index is 12.7. The molecule has 2 aliphatic heterocycles. The van der Waals surface area contributed by atoms with Crippen molar-refractivity contribution in [1.82, 2.24) is 0 Å². The predicted octanol–water partition coefficient (Wildman–Crippen LogP) is 13.2. The Morgan fingerprint density at radius 2 is 0.871 bits per heavy atom. The molecule has 116 heavy (non-hydrogen) atoms. The molecule has 2 fully saturated rings. The van der Waals surface area contributed by atoms with Crippen LogP contribution in [0.5, 0.6) is 0 Å². The zero-order chi connectivity index (χ0) is 87.0. The van der Waals surface area contributed by atoms with Crippen molar-refractivity contribution in [2.45, 2.75) is 195 Å². The maximum absolute atomic E-state index is 12.7. The van der Waals surface area contributed by atoms with Crippen molar-refractivity contribution in [3.63, 3.8) is 0 Å². The van der Waals surface area contributed by atoms with Gasteiger partial charge in [-0.15, -0.1) is 23.2 Å². The van der Waals surface area contributed by atoms with Gasteiger partial charge in [0.25, 0.3) is 11.6 Å². The van der Waals surface area contributed by atoms with Crippen molar-refractivity contribution >= 4 is 129 Å². The quantitative estimate of drug-likeness (QED) is 0.00483. The van der Waals surface area contributed by atoms with E-state index in [1.54, 1.807) is 92.7 Å². The van der Waals surface area contributed by atoms with Crippen molar-refractivity contribution in [3.8, 4) is 6.07 Å². The third kappa shape index (κ3) is 40.8. The number of hydrogen-bond acceptors (Lipinski definition) is 22. The summed E-state index contributed by atoms with van der Waals surface area (Å²) in [4.78, 5) is 149. The number of carbonyl (C=O) groups is 13. The van der Waals surface area contributed by atoms with Crippen LogP contribution >= 0.6 is 51.8 Å². The van der Waals surface area contributed by atoms with E-state index in [0.717, 1.165) is 60.5 Å². The summed E-state index contributed by atoms with van der Waals surface area (Å²) in [6, 6.07) is 34.4. The summed E-state index contributed by atoms with van der Waals surface area (Å²) in [5.74, 6) is -13.8. The van der Waals surface area contributed by atoms with Gasteiger partial charge in [0.05, 0.1) is 65.3 Å². The molecule has 5 aromatic carbocycles. The van der Waals surface area contributed by atoms with Crippen LogP contribution in [0, 0.1) is 39.9 Å². The van der Waals surface area contributed by atoms with E-state index in [1.807, 2.05) is 39.8 Å². The Morgan fingerprint density at radius 3 is 1.22 bits per heavy atom. The van der Waals surface area contributed by atoms with Gasteiger partial charge in [0.15, 0.2) is 16.7 Å². The summed E-state index contributed by atoms with van der Waals surface area (Å²) in [5.41, 5.74) is 1.66. The number of aliphatic carboxylic acids is 4. The first-order chi connectivity index (χ1) is 53.7. The third-order valence-corrected chi connectivity index (χ3v) is 17.9. The number of rotatable bonds is 33. The number of thiol groups is 1. The van der Waals surface area contributed by atoms with E-state index >= 15 is 0 Å². The second-order valence-electron chi connectivity index (χ2n) is 26.8. The number of halogens is 3. The van der Waals surface area contributed by atoms with Gasteiger partial charge in [0, 0.05) is 39.9 Å². The van der Waals surface area contributed by atoms with Gasteiger partial charge in [-0.2, -0.15) is 17.9 Å². The van der Waals surface area contributed by atoms with Crippen molar-refractivity contribution in [1.29, 1.82) is 5.26 Å². The van der Waals surface area contributed by atoms with E-state index in [1.165, 1.54) is 71.4 Å². The summed E-state index contributed by atoms with van der Waals surface area (Å²) in [7, 11) is 2.68. The Morgan fingerprint density at radius 1 is 0.534 bits per heavy atom. The first-order valence-electron chi connectivity index (χ1n) is 36.5. The van der Waals surface area contributed by atoms with Crippen LogP contribution in [0.4, 0.5) is 0 Å². The molecule has 0 bridgehead atoms. The van der Waals surface area contributed by atoms with E-state index in [4.69, 9.17) is 77.7 Å². The number of ether oxygens (including phenoxy) is 6. The number of alkyl halides is 3. The number of esters is 6. The average molecular weight is 1760 g/mol. The van der Waals surface area contributed by atoms with E-state index in [2.05, 4.69) is 33.3 Å². The van der Waals surface area contributed by atoms with Gasteiger partial charge in [-0.05, 0) is 158 Å². The van der Waals surface area contributed by atoms with Crippen LogP contribution in [0.1, 0.15) is 232 Å². The molecule has 33 heteroatoms. The molecule has 0 saturated carbocycles.